The van der Waals surface area contributed by atoms with Gasteiger partial charge in [-0.25, -0.2) is 9.18 Å². The predicted molar refractivity (Wildman–Crippen MR) is 97.4 cm³/mol. The fraction of sp³-hybridized carbons (Fsp3) is 0.300. The van der Waals surface area contributed by atoms with Crippen molar-refractivity contribution in [3.63, 3.8) is 0 Å². The fourth-order valence-electron chi connectivity index (χ4n) is 2.55. The van der Waals surface area contributed by atoms with Crippen molar-refractivity contribution in [1.82, 2.24) is 5.32 Å². The number of hydrogen-bond acceptors (Lipinski definition) is 4. The van der Waals surface area contributed by atoms with Gasteiger partial charge >= 0.3 is 5.97 Å². The lowest BCUT2D eigenvalue weighted by atomic mass is 10.1. The molecule has 7 heteroatoms. The maximum absolute atomic E-state index is 13.9. The van der Waals surface area contributed by atoms with Crippen molar-refractivity contribution in [3.05, 3.63) is 59.4 Å². The molecule has 2 rings (SSSR count). The number of carbonyl (C=O) groups excluding carboxylic acids is 1. The number of benzene rings is 2. The quantitative estimate of drug-likeness (QED) is 0.741. The molecule has 0 aliphatic carbocycles. The number of halogens is 1. The van der Waals surface area contributed by atoms with Crippen molar-refractivity contribution in [1.29, 1.82) is 0 Å². The van der Waals surface area contributed by atoms with Crippen LogP contribution >= 0.6 is 0 Å². The van der Waals surface area contributed by atoms with E-state index < -0.39 is 23.7 Å². The van der Waals surface area contributed by atoms with E-state index in [1.165, 1.54) is 19.2 Å². The van der Waals surface area contributed by atoms with Gasteiger partial charge in [0.1, 0.15) is 5.75 Å². The number of methoxy groups -OCH3 is 1. The van der Waals surface area contributed by atoms with Crippen LogP contribution in [0.25, 0.3) is 0 Å². The highest BCUT2D eigenvalue weighted by Gasteiger charge is 2.24. The first-order valence-corrected chi connectivity index (χ1v) is 8.42. The highest BCUT2D eigenvalue weighted by atomic mass is 19.1. The van der Waals surface area contributed by atoms with Crippen LogP contribution in [-0.4, -0.2) is 30.2 Å². The number of hydrogen-bond donors (Lipinski definition) is 2. The molecule has 0 aromatic heterocycles. The van der Waals surface area contributed by atoms with E-state index in [4.69, 9.17) is 9.47 Å². The molecule has 0 saturated carbocycles. The maximum atomic E-state index is 13.9. The third-order valence-electron chi connectivity index (χ3n) is 3.75. The van der Waals surface area contributed by atoms with Gasteiger partial charge in [0.25, 0.3) is 0 Å². The normalized spacial score (nSPS) is 11.7. The van der Waals surface area contributed by atoms with Crippen LogP contribution in [0.3, 0.4) is 0 Å². The number of para-hydroxylation sites is 1. The maximum Gasteiger partial charge on any atom is 0.330 e. The van der Waals surface area contributed by atoms with Crippen molar-refractivity contribution in [2.45, 2.75) is 32.4 Å². The molecule has 2 aromatic rings. The van der Waals surface area contributed by atoms with Crippen LogP contribution in [0.2, 0.25) is 0 Å². The van der Waals surface area contributed by atoms with Crippen molar-refractivity contribution >= 4 is 11.9 Å². The summed E-state index contributed by atoms with van der Waals surface area (Å²) >= 11 is 0. The summed E-state index contributed by atoms with van der Waals surface area (Å²) in [5, 5.41) is 11.9. The van der Waals surface area contributed by atoms with Crippen LogP contribution in [-0.2, 0) is 16.0 Å². The lowest BCUT2D eigenvalue weighted by Gasteiger charge is -2.17. The van der Waals surface area contributed by atoms with Crippen molar-refractivity contribution in [2.24, 2.45) is 0 Å². The molecule has 0 aliphatic rings. The number of nitrogens with one attached hydrogen (secondary N) is 1. The lowest BCUT2D eigenvalue weighted by molar-refractivity contribution is -0.142. The van der Waals surface area contributed by atoms with E-state index in [1.54, 1.807) is 24.3 Å². The van der Waals surface area contributed by atoms with Gasteiger partial charge in [-0.3, -0.25) is 4.79 Å². The Labute approximate surface area is 156 Å². The zero-order valence-electron chi connectivity index (χ0n) is 15.4. The Kier molecular flexibility index (Phi) is 6.76. The number of amides is 1. The van der Waals surface area contributed by atoms with E-state index in [1.807, 2.05) is 13.8 Å². The minimum absolute atomic E-state index is 0.00558. The Morgan fingerprint density at radius 3 is 2.44 bits per heavy atom. The van der Waals surface area contributed by atoms with E-state index in [9.17, 15) is 19.1 Å². The smallest absolute Gasteiger partial charge is 0.330 e. The standard InChI is InChI=1S/C20H22FNO5/c1-12(2)27-16-7-5-4-6-13(16)11-18(23)22-19(20(24)25)14-8-9-17(26-3)15(21)10-14/h4-10,12,19H,11H2,1-3H3,(H,22,23)(H,24,25). The van der Waals surface area contributed by atoms with Crippen molar-refractivity contribution < 1.29 is 28.6 Å². The molecular formula is C20H22FNO5. The number of aliphatic carboxylic acids is 1. The van der Waals surface area contributed by atoms with Gasteiger partial charge < -0.3 is 19.9 Å². The lowest BCUT2D eigenvalue weighted by Crippen LogP contribution is -2.34. The summed E-state index contributed by atoms with van der Waals surface area (Å²) in [6, 6.07) is 9.41. The number of carbonyl (C=O) groups is 2. The molecule has 1 unspecified atom stereocenters. The SMILES string of the molecule is COc1ccc(C(NC(=O)Cc2ccccc2OC(C)C)C(=O)O)cc1F. The molecule has 27 heavy (non-hydrogen) atoms. The molecule has 2 N–H and O–H groups in total. The van der Waals surface area contributed by atoms with E-state index >= 15 is 0 Å². The summed E-state index contributed by atoms with van der Waals surface area (Å²) in [6.45, 7) is 3.74. The molecule has 1 amide bonds. The van der Waals surface area contributed by atoms with Gasteiger partial charge in [0.05, 0.1) is 19.6 Å². The Balaban J connectivity index is 2.17. The topological polar surface area (TPSA) is 84.9 Å². The zero-order valence-corrected chi connectivity index (χ0v) is 15.4. The van der Waals surface area contributed by atoms with Gasteiger partial charge in [-0.2, -0.15) is 0 Å². The molecular weight excluding hydrogens is 353 g/mol. The van der Waals surface area contributed by atoms with Crippen LogP contribution in [0.15, 0.2) is 42.5 Å². The average molecular weight is 375 g/mol. The monoisotopic (exact) mass is 375 g/mol. The van der Waals surface area contributed by atoms with E-state index in [2.05, 4.69) is 5.32 Å². The summed E-state index contributed by atoms with van der Waals surface area (Å²) in [6.07, 6.45) is -0.131. The Hall–Kier alpha value is -3.09. The van der Waals surface area contributed by atoms with Crippen LogP contribution in [0, 0.1) is 5.82 Å². The third kappa shape index (κ3) is 5.44. The van der Waals surface area contributed by atoms with Crippen LogP contribution < -0.4 is 14.8 Å². The highest BCUT2D eigenvalue weighted by Crippen LogP contribution is 2.23. The molecule has 0 fully saturated rings. The van der Waals surface area contributed by atoms with Gasteiger partial charge in [-0.1, -0.05) is 24.3 Å². The number of ether oxygens (including phenoxy) is 2. The van der Waals surface area contributed by atoms with Crippen LogP contribution in [0.4, 0.5) is 4.39 Å². The Bertz CT molecular complexity index is 822. The van der Waals surface area contributed by atoms with E-state index in [0.717, 1.165) is 6.07 Å². The average Bonchev–Trinajstić information content (AvgIpc) is 2.60. The molecule has 0 heterocycles. The molecule has 0 spiro atoms. The van der Waals surface area contributed by atoms with Gasteiger partial charge in [0, 0.05) is 5.56 Å². The second-order valence-electron chi connectivity index (χ2n) is 6.18. The van der Waals surface area contributed by atoms with Crippen LogP contribution in [0.1, 0.15) is 31.0 Å². The molecule has 144 valence electrons. The molecule has 0 bridgehead atoms. The Morgan fingerprint density at radius 2 is 1.85 bits per heavy atom. The minimum Gasteiger partial charge on any atom is -0.494 e. The fourth-order valence-corrected chi connectivity index (χ4v) is 2.55. The zero-order chi connectivity index (χ0) is 20.0. The summed E-state index contributed by atoms with van der Waals surface area (Å²) in [5.41, 5.74) is 0.745. The first-order chi connectivity index (χ1) is 12.8. The van der Waals surface area contributed by atoms with E-state index in [0.29, 0.717) is 11.3 Å². The molecule has 2 aromatic carbocycles. The molecule has 0 aliphatic heterocycles. The second kappa shape index (κ2) is 9.02. The number of carboxylic acid groups (broad SMARTS) is 1. The number of carboxylic acids is 1. The molecule has 6 nitrogen and oxygen atoms in total. The van der Waals surface area contributed by atoms with Gasteiger partial charge in [-0.15, -0.1) is 0 Å². The second-order valence-corrected chi connectivity index (χ2v) is 6.18. The Morgan fingerprint density at radius 1 is 1.15 bits per heavy atom. The molecule has 1 atom stereocenters. The summed E-state index contributed by atoms with van der Waals surface area (Å²) < 4.78 is 24.4. The van der Waals surface area contributed by atoms with E-state index in [-0.39, 0.29) is 23.8 Å². The molecule has 0 radical (unpaired) electrons. The third-order valence-corrected chi connectivity index (χ3v) is 3.75. The first-order valence-electron chi connectivity index (χ1n) is 8.42. The summed E-state index contributed by atoms with van der Waals surface area (Å²) in [5.74, 6) is -1.96. The van der Waals surface area contributed by atoms with Gasteiger partial charge in [0.2, 0.25) is 5.91 Å². The van der Waals surface area contributed by atoms with Gasteiger partial charge in [0.15, 0.2) is 17.6 Å². The highest BCUT2D eigenvalue weighted by molar-refractivity contribution is 5.86. The summed E-state index contributed by atoms with van der Waals surface area (Å²) in [4.78, 5) is 24.0. The summed E-state index contributed by atoms with van der Waals surface area (Å²) in [7, 11) is 1.31. The van der Waals surface area contributed by atoms with Crippen LogP contribution in [0.5, 0.6) is 11.5 Å². The van der Waals surface area contributed by atoms with Gasteiger partial charge in [-0.05, 0) is 37.6 Å². The number of rotatable bonds is 8. The van der Waals surface area contributed by atoms with Crippen molar-refractivity contribution in [3.8, 4) is 11.5 Å². The van der Waals surface area contributed by atoms with Crippen molar-refractivity contribution in [2.75, 3.05) is 7.11 Å². The first kappa shape index (κ1) is 20.2. The largest absolute Gasteiger partial charge is 0.494 e. The predicted octanol–water partition coefficient (Wildman–Crippen LogP) is 3.11. The minimum atomic E-state index is -1.38. The molecule has 0 saturated heterocycles.